The summed E-state index contributed by atoms with van der Waals surface area (Å²) in [5.41, 5.74) is 0.225. The van der Waals surface area contributed by atoms with Crippen molar-refractivity contribution in [2.24, 2.45) is 5.18 Å². The Morgan fingerprint density at radius 2 is 1.11 bits per heavy atom. The maximum absolute atomic E-state index is 11.4. The zero-order chi connectivity index (χ0) is 21.0. The highest BCUT2D eigenvalue weighted by Crippen LogP contribution is 2.00. The minimum absolute atomic E-state index is 0.104. The number of hydrogen-bond acceptors (Lipinski definition) is 11. The van der Waals surface area contributed by atoms with Crippen LogP contribution in [0, 0.1) is 4.91 Å². The molecule has 0 aromatic heterocycles. The van der Waals surface area contributed by atoms with E-state index >= 15 is 0 Å². The maximum Gasteiger partial charge on any atom is 0.417 e. The van der Waals surface area contributed by atoms with Crippen LogP contribution in [-0.4, -0.2) is 67.6 Å². The van der Waals surface area contributed by atoms with Crippen molar-refractivity contribution in [1.29, 1.82) is 0 Å². The van der Waals surface area contributed by atoms with Gasteiger partial charge < -0.3 is 24.1 Å². The van der Waals surface area contributed by atoms with Gasteiger partial charge in [-0.05, 0) is 13.8 Å². The van der Waals surface area contributed by atoms with Crippen LogP contribution >= 0.6 is 0 Å². The van der Waals surface area contributed by atoms with Gasteiger partial charge in [0, 0.05) is 11.1 Å². The van der Waals surface area contributed by atoms with Gasteiger partial charge in [0.2, 0.25) is 0 Å². The first-order chi connectivity index (χ1) is 12.6. The Hall–Kier alpha value is -3.08. The van der Waals surface area contributed by atoms with Gasteiger partial charge in [0.25, 0.3) is 0 Å². The zero-order valence-corrected chi connectivity index (χ0v) is 15.0. The maximum atomic E-state index is 11.4. The molecule has 0 aromatic rings. The summed E-state index contributed by atoms with van der Waals surface area (Å²) in [6.07, 6.45) is -1.36. The minimum Gasteiger partial charge on any atom is -0.460 e. The predicted molar refractivity (Wildman–Crippen MR) is 89.1 cm³/mol. The van der Waals surface area contributed by atoms with Gasteiger partial charge >= 0.3 is 23.9 Å². The van der Waals surface area contributed by atoms with E-state index in [2.05, 4.69) is 37.3 Å². The van der Waals surface area contributed by atoms with E-state index < -0.39 is 62.5 Å². The fourth-order valence-electron chi connectivity index (χ4n) is 1.21. The molecule has 27 heavy (non-hydrogen) atoms. The average molecular weight is 387 g/mol. The van der Waals surface area contributed by atoms with Gasteiger partial charge in [-0.1, -0.05) is 18.3 Å². The fourth-order valence-corrected chi connectivity index (χ4v) is 1.21. The van der Waals surface area contributed by atoms with E-state index in [1.807, 2.05) is 0 Å². The van der Waals surface area contributed by atoms with E-state index in [-0.39, 0.29) is 11.1 Å². The van der Waals surface area contributed by atoms with Crippen molar-refractivity contribution in [1.82, 2.24) is 0 Å². The number of nitrogens with zero attached hydrogens (tertiary/aromatic N) is 1. The van der Waals surface area contributed by atoms with E-state index in [0.29, 0.717) is 0 Å². The summed E-state index contributed by atoms with van der Waals surface area (Å²) >= 11 is 0. The van der Waals surface area contributed by atoms with Crippen LogP contribution in [0.1, 0.15) is 13.8 Å². The SMILES string of the molecule is C=C(C)C(=O)OCC(O)COC(=O)C(=O)OCC(COC(=O)C(=C)C)N=O. The quantitative estimate of drug-likeness (QED) is 0.166. The number of carbonyl (C=O) groups excluding carboxylic acids is 4. The second-order valence-electron chi connectivity index (χ2n) is 5.37. The Morgan fingerprint density at radius 1 is 0.778 bits per heavy atom. The molecule has 0 aliphatic heterocycles. The first-order valence-electron chi connectivity index (χ1n) is 7.58. The molecule has 0 radical (unpaired) electrons. The number of nitroso groups, excluding NO2 is 1. The molecule has 0 amide bonds. The number of ether oxygens (including phenoxy) is 4. The second kappa shape index (κ2) is 12.3. The number of rotatable bonds is 11. The molecule has 150 valence electrons. The first-order valence-corrected chi connectivity index (χ1v) is 7.58. The van der Waals surface area contributed by atoms with E-state index in [9.17, 15) is 29.2 Å². The molecule has 0 spiro atoms. The van der Waals surface area contributed by atoms with Crippen LogP contribution in [0.15, 0.2) is 29.5 Å². The molecule has 0 aliphatic carbocycles. The Balaban J connectivity index is 4.18. The highest BCUT2D eigenvalue weighted by Gasteiger charge is 2.22. The molecule has 1 N–H and O–H groups in total. The van der Waals surface area contributed by atoms with E-state index in [4.69, 9.17) is 0 Å². The largest absolute Gasteiger partial charge is 0.460 e. The molecule has 2 unspecified atom stereocenters. The van der Waals surface area contributed by atoms with E-state index in [0.717, 1.165) is 0 Å². The smallest absolute Gasteiger partial charge is 0.417 e. The lowest BCUT2D eigenvalue weighted by Crippen LogP contribution is -2.31. The summed E-state index contributed by atoms with van der Waals surface area (Å²) in [6, 6.07) is -1.22. The summed E-state index contributed by atoms with van der Waals surface area (Å²) in [4.78, 5) is 55.8. The minimum atomic E-state index is -1.44. The highest BCUT2D eigenvalue weighted by molar-refractivity contribution is 6.29. The summed E-state index contributed by atoms with van der Waals surface area (Å²) in [7, 11) is 0. The monoisotopic (exact) mass is 387 g/mol. The third-order valence-electron chi connectivity index (χ3n) is 2.64. The topological polar surface area (TPSA) is 155 Å². The Morgan fingerprint density at radius 3 is 1.48 bits per heavy atom. The van der Waals surface area contributed by atoms with Crippen molar-refractivity contribution in [3.63, 3.8) is 0 Å². The lowest BCUT2D eigenvalue weighted by Gasteiger charge is -2.12. The van der Waals surface area contributed by atoms with Crippen molar-refractivity contribution in [3.8, 4) is 0 Å². The van der Waals surface area contributed by atoms with Crippen molar-refractivity contribution < 1.29 is 43.2 Å². The van der Waals surface area contributed by atoms with Crippen molar-refractivity contribution in [2.45, 2.75) is 26.0 Å². The van der Waals surface area contributed by atoms with Crippen molar-refractivity contribution in [3.05, 3.63) is 29.2 Å². The van der Waals surface area contributed by atoms with Crippen LogP contribution in [-0.2, 0) is 38.1 Å². The fraction of sp³-hybridized carbons (Fsp3) is 0.500. The molecule has 11 heteroatoms. The van der Waals surface area contributed by atoms with Gasteiger partial charge in [0.1, 0.15) is 32.5 Å². The molecular formula is C16H21NO10. The summed E-state index contributed by atoms with van der Waals surface area (Å²) in [6.45, 7) is 7.28. The zero-order valence-electron chi connectivity index (χ0n) is 15.0. The lowest BCUT2D eigenvalue weighted by molar-refractivity contribution is -0.170. The Bertz CT molecular complexity index is 612. The third kappa shape index (κ3) is 10.5. The van der Waals surface area contributed by atoms with Crippen LogP contribution in [0.3, 0.4) is 0 Å². The predicted octanol–water partition coefficient (Wildman–Crippen LogP) is -0.193. The van der Waals surface area contributed by atoms with Gasteiger partial charge in [-0.25, -0.2) is 19.2 Å². The van der Waals surface area contributed by atoms with E-state index in [1.54, 1.807) is 0 Å². The van der Waals surface area contributed by atoms with Crippen LogP contribution in [0.5, 0.6) is 0 Å². The third-order valence-corrected chi connectivity index (χ3v) is 2.64. The molecule has 0 saturated carbocycles. The van der Waals surface area contributed by atoms with Crippen LogP contribution in [0.25, 0.3) is 0 Å². The van der Waals surface area contributed by atoms with E-state index in [1.165, 1.54) is 13.8 Å². The molecule has 11 nitrogen and oxygen atoms in total. The van der Waals surface area contributed by atoms with Gasteiger partial charge in [0.15, 0.2) is 6.04 Å². The molecule has 0 aromatic carbocycles. The summed E-state index contributed by atoms with van der Waals surface area (Å²) in [5, 5.41) is 12.1. The van der Waals surface area contributed by atoms with Crippen molar-refractivity contribution in [2.75, 3.05) is 26.4 Å². The first kappa shape index (κ1) is 23.9. The van der Waals surface area contributed by atoms with Gasteiger partial charge in [-0.3, -0.25) is 0 Å². The molecule has 0 heterocycles. The summed E-state index contributed by atoms with van der Waals surface area (Å²) in [5.74, 6) is -4.37. The Kier molecular flexibility index (Phi) is 10.9. The molecule has 2 atom stereocenters. The van der Waals surface area contributed by atoms with Crippen LogP contribution in [0.2, 0.25) is 0 Å². The van der Waals surface area contributed by atoms with Gasteiger partial charge in [-0.15, -0.1) is 0 Å². The number of hydrogen-bond donors (Lipinski definition) is 1. The lowest BCUT2D eigenvalue weighted by atomic mass is 10.3. The molecule has 0 saturated heterocycles. The van der Waals surface area contributed by atoms with Crippen LogP contribution in [0.4, 0.5) is 0 Å². The second-order valence-corrected chi connectivity index (χ2v) is 5.37. The molecule has 0 rings (SSSR count). The number of carbonyl (C=O) groups is 4. The van der Waals surface area contributed by atoms with Crippen LogP contribution < -0.4 is 0 Å². The average Bonchev–Trinajstić information content (AvgIpc) is 2.63. The Labute approximate surface area is 154 Å². The standard InChI is InChI=1S/C16H21NO10/c1-9(2)13(19)24-5-11(17-23)6-25-15(21)16(22)27-8-12(18)7-26-14(20)10(3)4/h11-12,18H,1,3,5-8H2,2,4H3. The number of aliphatic hydroxyl groups is 1. The summed E-state index contributed by atoms with van der Waals surface area (Å²) < 4.78 is 18.3. The molecule has 0 bridgehead atoms. The number of aliphatic hydroxyl groups excluding tert-OH is 1. The molecular weight excluding hydrogens is 366 g/mol. The van der Waals surface area contributed by atoms with Gasteiger partial charge in [0.05, 0.1) is 0 Å². The molecule has 0 aliphatic rings. The normalized spacial score (nSPS) is 12.1. The van der Waals surface area contributed by atoms with Gasteiger partial charge in [-0.2, -0.15) is 4.91 Å². The number of esters is 4. The highest BCUT2D eigenvalue weighted by atomic mass is 16.6. The van der Waals surface area contributed by atoms with Crippen molar-refractivity contribution >= 4 is 23.9 Å². The molecule has 0 fully saturated rings.